The number of halogens is 1. The molecule has 25 heavy (non-hydrogen) atoms. The average molecular weight is 354 g/mol. The molecule has 1 N–H and O–H groups in total. The number of nitrogens with zero attached hydrogens (tertiary/aromatic N) is 1. The summed E-state index contributed by atoms with van der Waals surface area (Å²) in [5, 5.41) is 3.17. The van der Waals surface area contributed by atoms with Crippen LogP contribution in [-0.2, 0) is 4.79 Å². The minimum absolute atomic E-state index is 0.203. The molecule has 3 rings (SSSR count). The summed E-state index contributed by atoms with van der Waals surface area (Å²) in [5.41, 5.74) is 1.58. The van der Waals surface area contributed by atoms with Gasteiger partial charge in [0.05, 0.1) is 17.7 Å². The highest BCUT2D eigenvalue weighted by atomic mass is 32.2. The van der Waals surface area contributed by atoms with E-state index < -0.39 is 0 Å². The number of allylic oxidation sites excluding steroid dienone is 2. The maximum absolute atomic E-state index is 12.9. The van der Waals surface area contributed by atoms with Crippen molar-refractivity contribution in [2.24, 2.45) is 4.99 Å². The molecule has 126 valence electrons. The Kier molecular flexibility index (Phi) is 5.30. The van der Waals surface area contributed by atoms with Crippen LogP contribution in [0.5, 0.6) is 5.75 Å². The van der Waals surface area contributed by atoms with Crippen LogP contribution in [0, 0.1) is 5.82 Å². The van der Waals surface area contributed by atoms with E-state index in [9.17, 15) is 9.18 Å². The molecule has 0 aromatic heterocycles. The molecule has 1 heterocycles. The van der Waals surface area contributed by atoms with Gasteiger partial charge in [0.1, 0.15) is 11.6 Å². The lowest BCUT2D eigenvalue weighted by Crippen LogP contribution is -2.19. The van der Waals surface area contributed by atoms with Crippen LogP contribution < -0.4 is 10.1 Å². The van der Waals surface area contributed by atoms with Crippen molar-refractivity contribution in [3.8, 4) is 5.75 Å². The Hall–Kier alpha value is -2.86. The molecule has 1 aliphatic heterocycles. The summed E-state index contributed by atoms with van der Waals surface area (Å²) in [6.45, 7) is 0. The molecule has 0 aliphatic carbocycles. The first kappa shape index (κ1) is 17.0. The fourth-order valence-corrected chi connectivity index (χ4v) is 2.88. The number of thioether (sulfide) groups is 1. The van der Waals surface area contributed by atoms with Crippen LogP contribution in [-0.4, -0.2) is 18.2 Å². The molecule has 0 spiro atoms. The molecule has 1 fully saturated rings. The molecule has 4 nitrogen and oxygen atoms in total. The predicted octanol–water partition coefficient (Wildman–Crippen LogP) is 4.28. The highest BCUT2D eigenvalue weighted by molar-refractivity contribution is 8.18. The zero-order chi connectivity index (χ0) is 17.6. The maximum Gasteiger partial charge on any atom is 0.264 e. The monoisotopic (exact) mass is 354 g/mol. The van der Waals surface area contributed by atoms with Gasteiger partial charge in [-0.15, -0.1) is 0 Å². The number of amidine groups is 1. The third-order valence-electron chi connectivity index (χ3n) is 3.36. The molecule has 1 saturated heterocycles. The van der Waals surface area contributed by atoms with Crippen molar-refractivity contribution in [3.05, 3.63) is 77.0 Å². The van der Waals surface area contributed by atoms with Gasteiger partial charge in [-0.25, -0.2) is 9.38 Å². The molecule has 1 amide bonds. The van der Waals surface area contributed by atoms with Gasteiger partial charge in [-0.3, -0.25) is 4.79 Å². The highest BCUT2D eigenvalue weighted by Gasteiger charge is 2.22. The maximum atomic E-state index is 12.9. The summed E-state index contributed by atoms with van der Waals surface area (Å²) in [6, 6.07) is 13.4. The standard InChI is InChI=1S/C19H15FN2O2S/c1-24-16-11-5-13(6-12-16)3-2-4-17-18(23)22-19(25-17)21-15-9-7-14(20)8-10-15/h2-12H,1H3,(H,21,22,23)/b3-2+,17-4+. The SMILES string of the molecule is COc1ccc(/C=C/C=C2/SC(=Nc3ccc(F)cc3)NC2=O)cc1. The van der Waals surface area contributed by atoms with Crippen LogP contribution in [0.4, 0.5) is 10.1 Å². The Labute approximate surface area is 149 Å². The molecule has 0 saturated carbocycles. The van der Waals surface area contributed by atoms with Gasteiger partial charge in [0.2, 0.25) is 0 Å². The first-order valence-electron chi connectivity index (χ1n) is 7.50. The first-order chi connectivity index (χ1) is 12.1. The number of ether oxygens (including phenoxy) is 1. The van der Waals surface area contributed by atoms with Gasteiger partial charge in [-0.2, -0.15) is 0 Å². The van der Waals surface area contributed by atoms with Gasteiger partial charge in [0.15, 0.2) is 5.17 Å². The van der Waals surface area contributed by atoms with Gasteiger partial charge < -0.3 is 10.1 Å². The van der Waals surface area contributed by atoms with E-state index in [1.54, 1.807) is 25.3 Å². The minimum Gasteiger partial charge on any atom is -0.497 e. The first-order valence-corrected chi connectivity index (χ1v) is 8.31. The van der Waals surface area contributed by atoms with Crippen LogP contribution in [0.3, 0.4) is 0 Å². The zero-order valence-corrected chi connectivity index (χ0v) is 14.2. The van der Waals surface area contributed by atoms with Crippen LogP contribution in [0.1, 0.15) is 5.56 Å². The molecule has 6 heteroatoms. The summed E-state index contributed by atoms with van der Waals surface area (Å²) in [6.07, 6.45) is 5.44. The molecular weight excluding hydrogens is 339 g/mol. The minimum atomic E-state index is -0.323. The third-order valence-corrected chi connectivity index (χ3v) is 4.29. The summed E-state index contributed by atoms with van der Waals surface area (Å²) in [5.74, 6) is 0.268. The Bertz CT molecular complexity index is 856. The number of hydrogen-bond donors (Lipinski definition) is 1. The van der Waals surface area contributed by atoms with Crippen molar-refractivity contribution in [3.63, 3.8) is 0 Å². The Morgan fingerprint density at radius 2 is 1.84 bits per heavy atom. The Morgan fingerprint density at radius 3 is 2.52 bits per heavy atom. The number of aliphatic imine (C=N–C) groups is 1. The molecular formula is C19H15FN2O2S. The molecule has 2 aromatic rings. The van der Waals surface area contributed by atoms with Crippen LogP contribution in [0.25, 0.3) is 6.08 Å². The van der Waals surface area contributed by atoms with Crippen LogP contribution in [0.2, 0.25) is 0 Å². The third kappa shape index (κ3) is 4.58. The molecule has 0 unspecified atom stereocenters. The van der Waals surface area contributed by atoms with Crippen LogP contribution >= 0.6 is 11.8 Å². The van der Waals surface area contributed by atoms with Crippen molar-refractivity contribution in [1.82, 2.24) is 5.32 Å². The van der Waals surface area contributed by atoms with E-state index in [0.29, 0.717) is 15.8 Å². The van der Waals surface area contributed by atoms with Crippen molar-refractivity contribution in [2.75, 3.05) is 7.11 Å². The quantitative estimate of drug-likeness (QED) is 0.834. The predicted molar refractivity (Wildman–Crippen MR) is 99.3 cm³/mol. The largest absolute Gasteiger partial charge is 0.497 e. The number of carbonyl (C=O) groups excluding carboxylic acids is 1. The normalized spacial score (nSPS) is 17.4. The highest BCUT2D eigenvalue weighted by Crippen LogP contribution is 2.26. The molecule has 0 radical (unpaired) electrons. The Morgan fingerprint density at radius 1 is 1.12 bits per heavy atom. The van der Waals surface area contributed by atoms with E-state index in [2.05, 4.69) is 10.3 Å². The Balaban J connectivity index is 1.68. The number of benzene rings is 2. The van der Waals surface area contributed by atoms with Gasteiger partial charge in [0.25, 0.3) is 5.91 Å². The van der Waals surface area contributed by atoms with Crippen LogP contribution in [0.15, 0.2) is 70.6 Å². The molecule has 0 atom stereocenters. The zero-order valence-electron chi connectivity index (χ0n) is 13.4. The van der Waals surface area contributed by atoms with Gasteiger partial charge in [0, 0.05) is 0 Å². The van der Waals surface area contributed by atoms with Gasteiger partial charge in [-0.1, -0.05) is 24.3 Å². The lowest BCUT2D eigenvalue weighted by Gasteiger charge is -1.98. The topological polar surface area (TPSA) is 50.7 Å². The van der Waals surface area contributed by atoms with E-state index in [1.165, 1.54) is 23.9 Å². The lowest BCUT2D eigenvalue weighted by molar-refractivity contribution is -0.115. The van der Waals surface area contributed by atoms with E-state index in [1.807, 2.05) is 36.4 Å². The van der Waals surface area contributed by atoms with E-state index >= 15 is 0 Å². The second kappa shape index (κ2) is 7.81. The number of rotatable bonds is 4. The van der Waals surface area contributed by atoms with E-state index in [-0.39, 0.29) is 11.7 Å². The number of hydrogen-bond acceptors (Lipinski definition) is 4. The molecule has 0 bridgehead atoms. The summed E-state index contributed by atoms with van der Waals surface area (Å²) in [4.78, 5) is 16.8. The smallest absolute Gasteiger partial charge is 0.264 e. The van der Waals surface area contributed by atoms with Gasteiger partial charge in [-0.05, 0) is 59.8 Å². The fraction of sp³-hybridized carbons (Fsp3) is 0.0526. The van der Waals surface area contributed by atoms with Crippen molar-refractivity contribution < 1.29 is 13.9 Å². The lowest BCUT2D eigenvalue weighted by atomic mass is 10.2. The molecule has 1 aliphatic rings. The second-order valence-electron chi connectivity index (χ2n) is 5.11. The fourth-order valence-electron chi connectivity index (χ4n) is 2.09. The van der Waals surface area contributed by atoms with Crippen molar-refractivity contribution >= 4 is 34.6 Å². The summed E-state index contributed by atoms with van der Waals surface area (Å²) in [7, 11) is 1.62. The summed E-state index contributed by atoms with van der Waals surface area (Å²) < 4.78 is 18.0. The van der Waals surface area contributed by atoms with E-state index in [0.717, 1.165) is 11.3 Å². The number of amides is 1. The number of carbonyl (C=O) groups is 1. The van der Waals surface area contributed by atoms with Crippen molar-refractivity contribution in [1.29, 1.82) is 0 Å². The van der Waals surface area contributed by atoms with Gasteiger partial charge >= 0.3 is 0 Å². The number of methoxy groups -OCH3 is 1. The van der Waals surface area contributed by atoms with Crippen molar-refractivity contribution in [2.45, 2.75) is 0 Å². The summed E-state index contributed by atoms with van der Waals surface area (Å²) >= 11 is 1.24. The average Bonchev–Trinajstić information content (AvgIpc) is 2.97. The van der Waals surface area contributed by atoms with E-state index in [4.69, 9.17) is 4.74 Å². The number of nitrogens with one attached hydrogen (secondary N) is 1. The second-order valence-corrected chi connectivity index (χ2v) is 6.14. The molecule has 2 aromatic carbocycles.